The predicted molar refractivity (Wildman–Crippen MR) is 90.6 cm³/mol. The predicted octanol–water partition coefficient (Wildman–Crippen LogP) is 3.56. The smallest absolute Gasteiger partial charge is 0.263 e. The summed E-state index contributed by atoms with van der Waals surface area (Å²) in [6.07, 6.45) is 0. The van der Waals surface area contributed by atoms with Gasteiger partial charge in [0, 0.05) is 12.6 Å². The molecule has 7 heteroatoms. The van der Waals surface area contributed by atoms with Crippen LogP contribution < -0.4 is 10.6 Å². The molecule has 0 saturated carbocycles. The van der Waals surface area contributed by atoms with Crippen LogP contribution in [0.2, 0.25) is 4.34 Å². The van der Waals surface area contributed by atoms with E-state index in [4.69, 9.17) is 11.6 Å². The fourth-order valence-electron chi connectivity index (χ4n) is 1.89. The maximum Gasteiger partial charge on any atom is 0.263 e. The SMILES string of the molecule is CCN[C@H](C)CNC(=O)c1sc(-c2ccc(Cl)s2)nc1C. The molecule has 2 heterocycles. The lowest BCUT2D eigenvalue weighted by molar-refractivity contribution is 0.0953. The van der Waals surface area contributed by atoms with Gasteiger partial charge in [-0.15, -0.1) is 22.7 Å². The molecule has 2 N–H and O–H groups in total. The number of amides is 1. The van der Waals surface area contributed by atoms with Crippen LogP contribution in [0.3, 0.4) is 0 Å². The number of rotatable bonds is 6. The van der Waals surface area contributed by atoms with Gasteiger partial charge in [-0.3, -0.25) is 4.79 Å². The summed E-state index contributed by atoms with van der Waals surface area (Å²) in [6, 6.07) is 4.03. The van der Waals surface area contributed by atoms with Crippen molar-refractivity contribution >= 4 is 40.2 Å². The van der Waals surface area contributed by atoms with Crippen LogP contribution in [0, 0.1) is 6.92 Å². The Morgan fingerprint density at radius 2 is 2.19 bits per heavy atom. The summed E-state index contributed by atoms with van der Waals surface area (Å²) >= 11 is 8.82. The molecule has 0 radical (unpaired) electrons. The molecule has 0 bridgehead atoms. The Morgan fingerprint density at radius 3 is 2.81 bits per heavy atom. The van der Waals surface area contributed by atoms with E-state index in [1.807, 2.05) is 32.9 Å². The van der Waals surface area contributed by atoms with Gasteiger partial charge < -0.3 is 10.6 Å². The summed E-state index contributed by atoms with van der Waals surface area (Å²) in [5, 5.41) is 7.04. The van der Waals surface area contributed by atoms with Crippen LogP contribution in [0.1, 0.15) is 29.2 Å². The lowest BCUT2D eigenvalue weighted by atomic mass is 10.3. The van der Waals surface area contributed by atoms with Gasteiger partial charge in [0.2, 0.25) is 0 Å². The first-order valence-electron chi connectivity index (χ1n) is 6.76. The number of aryl methyl sites for hydroxylation is 1. The first-order chi connectivity index (χ1) is 10.0. The van der Waals surface area contributed by atoms with Crippen LogP contribution in [0.4, 0.5) is 0 Å². The summed E-state index contributed by atoms with van der Waals surface area (Å²) in [6.45, 7) is 7.44. The fourth-order valence-corrected chi connectivity index (χ4v) is 3.97. The maximum absolute atomic E-state index is 12.2. The van der Waals surface area contributed by atoms with Crippen LogP contribution in [-0.2, 0) is 0 Å². The second-order valence-electron chi connectivity index (χ2n) is 4.71. The number of thiophene rings is 1. The van der Waals surface area contributed by atoms with Gasteiger partial charge in [0.05, 0.1) is 14.9 Å². The van der Waals surface area contributed by atoms with E-state index in [-0.39, 0.29) is 11.9 Å². The summed E-state index contributed by atoms with van der Waals surface area (Å²) in [4.78, 5) is 18.4. The van der Waals surface area contributed by atoms with Crippen molar-refractivity contribution in [1.29, 1.82) is 0 Å². The Kier molecular flexibility index (Phi) is 5.75. The zero-order valence-corrected chi connectivity index (χ0v) is 14.6. The number of nitrogens with zero attached hydrogens (tertiary/aromatic N) is 1. The highest BCUT2D eigenvalue weighted by Gasteiger charge is 2.17. The molecule has 0 aliphatic carbocycles. The van der Waals surface area contributed by atoms with Gasteiger partial charge in [-0.05, 0) is 32.5 Å². The van der Waals surface area contributed by atoms with Crippen molar-refractivity contribution in [3.8, 4) is 9.88 Å². The van der Waals surface area contributed by atoms with Crippen molar-refractivity contribution < 1.29 is 4.79 Å². The maximum atomic E-state index is 12.2. The molecular weight excluding hydrogens is 326 g/mol. The minimum absolute atomic E-state index is 0.0661. The molecule has 0 spiro atoms. The standard InChI is InChI=1S/C14H18ClN3OS2/c1-4-16-8(2)7-17-13(19)12-9(3)18-14(21-12)10-5-6-11(15)20-10/h5-6,8,16H,4,7H2,1-3H3,(H,17,19)/t8-/m1/s1. The number of aromatic nitrogens is 1. The number of carbonyl (C=O) groups is 1. The van der Waals surface area contributed by atoms with E-state index in [9.17, 15) is 4.79 Å². The quantitative estimate of drug-likeness (QED) is 0.843. The van der Waals surface area contributed by atoms with Crippen LogP contribution in [0.25, 0.3) is 9.88 Å². The van der Waals surface area contributed by atoms with E-state index in [1.165, 1.54) is 22.7 Å². The molecule has 0 aliphatic rings. The van der Waals surface area contributed by atoms with E-state index < -0.39 is 0 Å². The minimum atomic E-state index is -0.0661. The van der Waals surface area contributed by atoms with Gasteiger partial charge >= 0.3 is 0 Å². The molecule has 114 valence electrons. The topological polar surface area (TPSA) is 54.0 Å². The summed E-state index contributed by atoms with van der Waals surface area (Å²) in [7, 11) is 0. The zero-order valence-electron chi connectivity index (χ0n) is 12.2. The molecule has 0 fully saturated rings. The molecule has 2 rings (SSSR count). The number of likely N-dealkylation sites (N-methyl/N-ethyl adjacent to an activating group) is 1. The van der Waals surface area contributed by atoms with Crippen molar-refractivity contribution in [2.24, 2.45) is 0 Å². The number of thiazole rings is 1. The summed E-state index contributed by atoms with van der Waals surface area (Å²) in [5.74, 6) is -0.0661. The van der Waals surface area contributed by atoms with Crippen molar-refractivity contribution in [2.75, 3.05) is 13.1 Å². The summed E-state index contributed by atoms with van der Waals surface area (Å²) < 4.78 is 0.725. The second kappa shape index (κ2) is 7.35. The molecule has 0 aliphatic heterocycles. The Hall–Kier alpha value is -0.950. The highest BCUT2D eigenvalue weighted by Crippen LogP contribution is 2.34. The third-order valence-electron chi connectivity index (χ3n) is 2.91. The van der Waals surface area contributed by atoms with Crippen molar-refractivity contribution in [3.05, 3.63) is 27.0 Å². The number of hydrogen-bond acceptors (Lipinski definition) is 5. The van der Waals surface area contributed by atoms with Crippen LogP contribution in [0.5, 0.6) is 0 Å². The van der Waals surface area contributed by atoms with Gasteiger partial charge in [0.25, 0.3) is 5.91 Å². The molecule has 2 aromatic heterocycles. The van der Waals surface area contributed by atoms with Crippen molar-refractivity contribution in [1.82, 2.24) is 15.6 Å². The van der Waals surface area contributed by atoms with Crippen LogP contribution >= 0.6 is 34.3 Å². The second-order valence-corrected chi connectivity index (χ2v) is 7.42. The molecule has 21 heavy (non-hydrogen) atoms. The lowest BCUT2D eigenvalue weighted by Crippen LogP contribution is -2.38. The number of hydrogen-bond donors (Lipinski definition) is 2. The number of halogens is 1. The molecule has 1 atom stereocenters. The molecule has 0 unspecified atom stereocenters. The van der Waals surface area contributed by atoms with Gasteiger partial charge in [-0.25, -0.2) is 4.98 Å². The van der Waals surface area contributed by atoms with Gasteiger partial charge in [-0.1, -0.05) is 18.5 Å². The first kappa shape index (κ1) is 16.4. The number of carbonyl (C=O) groups excluding carboxylic acids is 1. The monoisotopic (exact) mass is 343 g/mol. The molecular formula is C14H18ClN3OS2. The van der Waals surface area contributed by atoms with Crippen LogP contribution in [0.15, 0.2) is 12.1 Å². The Bertz CT molecular complexity index is 624. The van der Waals surface area contributed by atoms with Crippen molar-refractivity contribution in [2.45, 2.75) is 26.8 Å². The molecule has 4 nitrogen and oxygen atoms in total. The van der Waals surface area contributed by atoms with E-state index in [0.717, 1.165) is 26.5 Å². The third kappa shape index (κ3) is 4.26. The Balaban J connectivity index is 2.06. The minimum Gasteiger partial charge on any atom is -0.350 e. The normalized spacial score (nSPS) is 12.4. The Labute approximate surface area is 137 Å². The lowest BCUT2D eigenvalue weighted by Gasteiger charge is -2.12. The van der Waals surface area contributed by atoms with E-state index >= 15 is 0 Å². The van der Waals surface area contributed by atoms with Gasteiger partial charge in [0.15, 0.2) is 0 Å². The molecule has 1 amide bonds. The number of nitrogens with one attached hydrogen (secondary N) is 2. The summed E-state index contributed by atoms with van der Waals surface area (Å²) in [5.41, 5.74) is 0.758. The van der Waals surface area contributed by atoms with Gasteiger partial charge in [0.1, 0.15) is 9.88 Å². The van der Waals surface area contributed by atoms with E-state index in [0.29, 0.717) is 11.4 Å². The molecule has 2 aromatic rings. The highest BCUT2D eigenvalue weighted by atomic mass is 35.5. The largest absolute Gasteiger partial charge is 0.350 e. The van der Waals surface area contributed by atoms with Crippen LogP contribution in [-0.4, -0.2) is 30.0 Å². The zero-order chi connectivity index (χ0) is 15.4. The van der Waals surface area contributed by atoms with E-state index in [1.54, 1.807) is 0 Å². The van der Waals surface area contributed by atoms with Crippen molar-refractivity contribution in [3.63, 3.8) is 0 Å². The Morgan fingerprint density at radius 1 is 1.43 bits per heavy atom. The third-order valence-corrected chi connectivity index (χ3v) is 5.46. The molecule has 0 aromatic carbocycles. The fraction of sp³-hybridized carbons (Fsp3) is 0.429. The average Bonchev–Trinajstić information content (AvgIpc) is 3.02. The average molecular weight is 344 g/mol. The first-order valence-corrected chi connectivity index (χ1v) is 8.77. The molecule has 0 saturated heterocycles. The van der Waals surface area contributed by atoms with E-state index in [2.05, 4.69) is 15.6 Å². The highest BCUT2D eigenvalue weighted by molar-refractivity contribution is 7.24. The van der Waals surface area contributed by atoms with Gasteiger partial charge in [-0.2, -0.15) is 0 Å².